The first-order chi connectivity index (χ1) is 13.2. The Morgan fingerprint density at radius 3 is 2.67 bits per heavy atom. The maximum atomic E-state index is 11.9. The third kappa shape index (κ3) is 3.95. The zero-order valence-electron chi connectivity index (χ0n) is 14.7. The van der Waals surface area contributed by atoms with Crippen molar-refractivity contribution in [2.45, 2.75) is 19.4 Å². The van der Waals surface area contributed by atoms with Crippen molar-refractivity contribution in [1.29, 1.82) is 0 Å². The average molecular weight is 365 g/mol. The first kappa shape index (κ1) is 17.1. The lowest BCUT2D eigenvalue weighted by molar-refractivity contribution is -0.147. The van der Waals surface area contributed by atoms with Crippen molar-refractivity contribution in [2.75, 3.05) is 18.1 Å². The number of carbonyl (C=O) groups excluding carboxylic acids is 2. The second kappa shape index (κ2) is 7.53. The molecule has 1 aliphatic heterocycles. The summed E-state index contributed by atoms with van der Waals surface area (Å²) in [6.45, 7) is 0.613. The van der Waals surface area contributed by atoms with Gasteiger partial charge in [0.15, 0.2) is 6.61 Å². The number of furan rings is 1. The fraction of sp³-hybridized carbons (Fsp3) is 0.238. The molecule has 0 bridgehead atoms. The molecule has 0 atom stereocenters. The van der Waals surface area contributed by atoms with E-state index in [0.29, 0.717) is 17.9 Å². The van der Waals surface area contributed by atoms with E-state index in [9.17, 15) is 9.59 Å². The average Bonchev–Trinajstić information content (AvgIpc) is 3.30. The van der Waals surface area contributed by atoms with Crippen LogP contribution in [-0.4, -0.2) is 25.0 Å². The van der Waals surface area contributed by atoms with Gasteiger partial charge in [0.25, 0.3) is 0 Å². The predicted octanol–water partition coefficient (Wildman–Crippen LogP) is 3.68. The first-order valence-corrected chi connectivity index (χ1v) is 8.85. The highest BCUT2D eigenvalue weighted by atomic mass is 16.6. The molecule has 0 aliphatic carbocycles. The van der Waals surface area contributed by atoms with Crippen LogP contribution in [0.2, 0.25) is 0 Å². The molecule has 0 spiro atoms. The van der Waals surface area contributed by atoms with Gasteiger partial charge in [-0.05, 0) is 42.8 Å². The minimum atomic E-state index is -0.478. The fourth-order valence-corrected chi connectivity index (χ4v) is 3.09. The second-order valence-electron chi connectivity index (χ2n) is 6.34. The van der Waals surface area contributed by atoms with Crippen LogP contribution >= 0.6 is 0 Å². The summed E-state index contributed by atoms with van der Waals surface area (Å²) in [4.78, 5) is 25.4. The molecule has 6 nitrogen and oxygen atoms in total. The van der Waals surface area contributed by atoms with Crippen molar-refractivity contribution in [1.82, 2.24) is 0 Å². The lowest BCUT2D eigenvalue weighted by atomic mass is 10.2. The number of fused-ring (bicyclic) bond motifs is 1. The van der Waals surface area contributed by atoms with Crippen LogP contribution in [0.3, 0.4) is 0 Å². The van der Waals surface area contributed by atoms with E-state index in [1.165, 1.54) is 0 Å². The van der Waals surface area contributed by atoms with E-state index < -0.39 is 5.97 Å². The van der Waals surface area contributed by atoms with Crippen LogP contribution in [-0.2, 0) is 20.9 Å². The smallest absolute Gasteiger partial charge is 0.344 e. The molecule has 1 amide bonds. The van der Waals surface area contributed by atoms with Gasteiger partial charge in [0.1, 0.15) is 23.7 Å². The molecule has 2 heterocycles. The van der Waals surface area contributed by atoms with Crippen molar-refractivity contribution in [3.63, 3.8) is 0 Å². The van der Waals surface area contributed by atoms with E-state index in [1.54, 1.807) is 17.0 Å². The van der Waals surface area contributed by atoms with Gasteiger partial charge in [-0.25, -0.2) is 4.79 Å². The highest BCUT2D eigenvalue weighted by Crippen LogP contribution is 2.24. The van der Waals surface area contributed by atoms with E-state index in [1.807, 2.05) is 42.5 Å². The number of ether oxygens (including phenoxy) is 2. The third-order valence-corrected chi connectivity index (χ3v) is 4.43. The van der Waals surface area contributed by atoms with Gasteiger partial charge >= 0.3 is 5.97 Å². The zero-order chi connectivity index (χ0) is 18.6. The number of para-hydroxylation sites is 1. The van der Waals surface area contributed by atoms with E-state index in [2.05, 4.69) is 0 Å². The molecule has 1 aromatic heterocycles. The molecule has 1 aliphatic rings. The lowest BCUT2D eigenvalue weighted by Crippen LogP contribution is -2.23. The highest BCUT2D eigenvalue weighted by molar-refractivity contribution is 5.95. The van der Waals surface area contributed by atoms with E-state index >= 15 is 0 Å². The molecule has 27 heavy (non-hydrogen) atoms. The minimum Gasteiger partial charge on any atom is -0.482 e. The summed E-state index contributed by atoms with van der Waals surface area (Å²) in [6, 6.07) is 16.6. The third-order valence-electron chi connectivity index (χ3n) is 4.43. The summed E-state index contributed by atoms with van der Waals surface area (Å²) in [5.74, 6) is 0.794. The summed E-state index contributed by atoms with van der Waals surface area (Å²) in [6.07, 6.45) is 1.48. The Hall–Kier alpha value is -3.28. The second-order valence-corrected chi connectivity index (χ2v) is 6.34. The summed E-state index contributed by atoms with van der Waals surface area (Å²) in [5, 5.41) is 0.969. The summed E-state index contributed by atoms with van der Waals surface area (Å²) in [7, 11) is 0. The molecule has 1 saturated heterocycles. The minimum absolute atomic E-state index is 0.0624. The monoisotopic (exact) mass is 365 g/mol. The van der Waals surface area contributed by atoms with Crippen LogP contribution in [0.15, 0.2) is 59.0 Å². The number of rotatable bonds is 6. The molecule has 2 aromatic carbocycles. The Morgan fingerprint density at radius 2 is 1.93 bits per heavy atom. The molecule has 4 rings (SSSR count). The molecule has 3 aromatic rings. The molecule has 0 saturated carbocycles. The standard InChI is InChI=1S/C21H19NO5/c23-20-6-3-11-22(20)16-7-9-17(10-8-16)25-14-21(24)26-13-18-12-15-4-1-2-5-19(15)27-18/h1-2,4-5,7-10,12H,3,6,11,13-14H2. The van der Waals surface area contributed by atoms with Crippen LogP contribution in [0.4, 0.5) is 5.69 Å². The molecule has 0 radical (unpaired) electrons. The first-order valence-electron chi connectivity index (χ1n) is 8.85. The Morgan fingerprint density at radius 1 is 1.11 bits per heavy atom. The Balaban J connectivity index is 1.27. The highest BCUT2D eigenvalue weighted by Gasteiger charge is 2.21. The quantitative estimate of drug-likeness (QED) is 0.623. The Kier molecular flexibility index (Phi) is 4.78. The van der Waals surface area contributed by atoms with Gasteiger partial charge in [0, 0.05) is 24.0 Å². The number of amides is 1. The maximum absolute atomic E-state index is 11.9. The van der Waals surface area contributed by atoms with Crippen molar-refractivity contribution >= 4 is 28.5 Å². The Labute approximate surface area is 156 Å². The molecular weight excluding hydrogens is 346 g/mol. The number of hydrogen-bond acceptors (Lipinski definition) is 5. The van der Waals surface area contributed by atoms with Crippen molar-refractivity contribution in [2.24, 2.45) is 0 Å². The van der Waals surface area contributed by atoms with Crippen LogP contribution in [0.25, 0.3) is 11.0 Å². The number of anilines is 1. The number of esters is 1. The number of nitrogens with zero attached hydrogens (tertiary/aromatic N) is 1. The van der Waals surface area contributed by atoms with E-state index in [-0.39, 0.29) is 19.1 Å². The number of hydrogen-bond donors (Lipinski definition) is 0. The molecule has 0 N–H and O–H groups in total. The van der Waals surface area contributed by atoms with Gasteiger partial charge in [0.05, 0.1) is 0 Å². The SMILES string of the molecule is O=C(COc1ccc(N2CCCC2=O)cc1)OCc1cc2ccccc2o1. The van der Waals surface area contributed by atoms with Gasteiger partial charge in [-0.15, -0.1) is 0 Å². The van der Waals surface area contributed by atoms with Gasteiger partial charge in [0.2, 0.25) is 5.91 Å². The van der Waals surface area contributed by atoms with Crippen LogP contribution in [0.5, 0.6) is 5.75 Å². The van der Waals surface area contributed by atoms with Gasteiger partial charge in [-0.3, -0.25) is 4.79 Å². The molecule has 1 fully saturated rings. The summed E-state index contributed by atoms with van der Waals surface area (Å²) < 4.78 is 16.2. The van der Waals surface area contributed by atoms with E-state index in [0.717, 1.165) is 29.6 Å². The van der Waals surface area contributed by atoms with Crippen LogP contribution in [0.1, 0.15) is 18.6 Å². The Bertz CT molecular complexity index is 927. The van der Waals surface area contributed by atoms with Gasteiger partial charge < -0.3 is 18.8 Å². The van der Waals surface area contributed by atoms with Crippen molar-refractivity contribution < 1.29 is 23.5 Å². The molecular formula is C21H19NO5. The molecule has 138 valence electrons. The van der Waals surface area contributed by atoms with Crippen molar-refractivity contribution in [3.8, 4) is 5.75 Å². The van der Waals surface area contributed by atoms with Crippen LogP contribution in [0, 0.1) is 0 Å². The molecule has 6 heteroatoms. The fourth-order valence-electron chi connectivity index (χ4n) is 3.09. The van der Waals surface area contributed by atoms with E-state index in [4.69, 9.17) is 13.9 Å². The van der Waals surface area contributed by atoms with Crippen LogP contribution < -0.4 is 9.64 Å². The predicted molar refractivity (Wildman–Crippen MR) is 99.5 cm³/mol. The summed E-state index contributed by atoms with van der Waals surface area (Å²) >= 11 is 0. The van der Waals surface area contributed by atoms with Crippen molar-refractivity contribution in [3.05, 3.63) is 60.4 Å². The number of benzene rings is 2. The molecule has 0 unspecified atom stereocenters. The largest absolute Gasteiger partial charge is 0.482 e. The van der Waals surface area contributed by atoms with Gasteiger partial charge in [-0.1, -0.05) is 18.2 Å². The normalized spacial score (nSPS) is 13.9. The number of carbonyl (C=O) groups is 2. The maximum Gasteiger partial charge on any atom is 0.344 e. The summed E-state index contributed by atoms with van der Waals surface area (Å²) in [5.41, 5.74) is 1.61. The lowest BCUT2D eigenvalue weighted by Gasteiger charge is -2.16. The zero-order valence-corrected chi connectivity index (χ0v) is 14.7. The topological polar surface area (TPSA) is 69.0 Å². The van der Waals surface area contributed by atoms with Gasteiger partial charge in [-0.2, -0.15) is 0 Å².